The quantitative estimate of drug-likeness (QED) is 0.339. The highest BCUT2D eigenvalue weighted by Crippen LogP contribution is 2.35. The number of hydrogen-bond donors (Lipinski definition) is 0. The molecule has 0 N–H and O–H groups in total. The summed E-state index contributed by atoms with van der Waals surface area (Å²) in [6.07, 6.45) is 10.0. The van der Waals surface area contributed by atoms with Crippen LogP contribution in [0.5, 0.6) is 0 Å². The van der Waals surface area contributed by atoms with E-state index in [9.17, 15) is 0 Å². The SMILES string of the molecule is Cc1ccc(-c2ccc(-n3c4c(c5ccccc53)C=CCC=C4)cc2C)c(C)c1. The summed E-state index contributed by atoms with van der Waals surface area (Å²) in [6.45, 7) is 6.57. The van der Waals surface area contributed by atoms with Gasteiger partial charge in [-0.25, -0.2) is 0 Å². The second kappa shape index (κ2) is 6.93. The van der Waals surface area contributed by atoms with E-state index in [-0.39, 0.29) is 0 Å². The van der Waals surface area contributed by atoms with Crippen LogP contribution in [0.4, 0.5) is 0 Å². The van der Waals surface area contributed by atoms with Crippen molar-refractivity contribution >= 4 is 23.1 Å². The number of benzene rings is 3. The number of para-hydroxylation sites is 1. The van der Waals surface area contributed by atoms with Crippen LogP contribution in [0.15, 0.2) is 72.8 Å². The van der Waals surface area contributed by atoms with Crippen molar-refractivity contribution in [3.63, 3.8) is 0 Å². The van der Waals surface area contributed by atoms with Crippen LogP contribution in [-0.2, 0) is 0 Å². The van der Waals surface area contributed by atoms with Gasteiger partial charge in [0.05, 0.1) is 11.2 Å². The lowest BCUT2D eigenvalue weighted by Gasteiger charge is -2.15. The Morgan fingerprint density at radius 2 is 1.45 bits per heavy atom. The minimum atomic E-state index is 0.980. The monoisotopic (exact) mass is 375 g/mol. The predicted octanol–water partition coefficient (Wildman–Crippen LogP) is 7.65. The van der Waals surface area contributed by atoms with Crippen LogP contribution >= 0.6 is 0 Å². The average molecular weight is 376 g/mol. The third-order valence-electron chi connectivity index (χ3n) is 5.92. The van der Waals surface area contributed by atoms with Gasteiger partial charge in [0.1, 0.15) is 0 Å². The Labute approximate surface area is 172 Å². The van der Waals surface area contributed by atoms with Gasteiger partial charge in [-0.05, 0) is 73.7 Å². The maximum atomic E-state index is 2.40. The molecule has 1 aliphatic carbocycles. The highest BCUT2D eigenvalue weighted by molar-refractivity contribution is 5.96. The molecule has 1 nitrogen and oxygen atoms in total. The number of nitrogens with zero attached hydrogens (tertiary/aromatic N) is 1. The Balaban J connectivity index is 1.72. The molecular formula is C28H25N. The van der Waals surface area contributed by atoms with Gasteiger partial charge in [0, 0.05) is 16.6 Å². The van der Waals surface area contributed by atoms with Crippen LogP contribution in [0.1, 0.15) is 34.4 Å². The van der Waals surface area contributed by atoms with Crippen LogP contribution in [0.3, 0.4) is 0 Å². The van der Waals surface area contributed by atoms with E-state index in [1.807, 2.05) is 0 Å². The van der Waals surface area contributed by atoms with Gasteiger partial charge in [0.2, 0.25) is 0 Å². The van der Waals surface area contributed by atoms with Gasteiger partial charge in [-0.1, -0.05) is 66.3 Å². The van der Waals surface area contributed by atoms with E-state index in [1.54, 1.807) is 0 Å². The van der Waals surface area contributed by atoms with E-state index >= 15 is 0 Å². The summed E-state index contributed by atoms with van der Waals surface area (Å²) >= 11 is 0. The largest absolute Gasteiger partial charge is 0.309 e. The third kappa shape index (κ3) is 2.94. The number of rotatable bonds is 2. The van der Waals surface area contributed by atoms with Crippen molar-refractivity contribution in [2.45, 2.75) is 27.2 Å². The molecule has 0 amide bonds. The van der Waals surface area contributed by atoms with E-state index < -0.39 is 0 Å². The molecule has 1 heteroatoms. The zero-order chi connectivity index (χ0) is 20.0. The van der Waals surface area contributed by atoms with Gasteiger partial charge in [-0.3, -0.25) is 0 Å². The Kier molecular flexibility index (Phi) is 4.24. The fourth-order valence-electron chi connectivity index (χ4n) is 4.55. The summed E-state index contributed by atoms with van der Waals surface area (Å²) in [4.78, 5) is 0. The molecule has 1 aliphatic rings. The topological polar surface area (TPSA) is 4.93 Å². The van der Waals surface area contributed by atoms with Crippen LogP contribution in [0.25, 0.3) is 39.9 Å². The number of aryl methyl sites for hydroxylation is 3. The summed E-state index contributed by atoms with van der Waals surface area (Å²) in [5.74, 6) is 0. The van der Waals surface area contributed by atoms with Crippen molar-refractivity contribution in [2.24, 2.45) is 0 Å². The van der Waals surface area contributed by atoms with Crippen LogP contribution in [0, 0.1) is 20.8 Å². The highest BCUT2D eigenvalue weighted by atomic mass is 15.0. The second-order valence-electron chi connectivity index (χ2n) is 8.01. The predicted molar refractivity (Wildman–Crippen MR) is 126 cm³/mol. The first kappa shape index (κ1) is 17.8. The lowest BCUT2D eigenvalue weighted by molar-refractivity contribution is 1.10. The molecule has 0 bridgehead atoms. The van der Waals surface area contributed by atoms with Crippen molar-refractivity contribution < 1.29 is 0 Å². The molecule has 1 aromatic heterocycles. The van der Waals surface area contributed by atoms with E-state index in [4.69, 9.17) is 0 Å². The van der Waals surface area contributed by atoms with E-state index in [0.29, 0.717) is 0 Å². The summed E-state index contributed by atoms with van der Waals surface area (Å²) in [7, 11) is 0. The molecule has 0 spiro atoms. The smallest absolute Gasteiger partial charge is 0.0541 e. The van der Waals surface area contributed by atoms with Gasteiger partial charge in [-0.2, -0.15) is 0 Å². The summed E-state index contributed by atoms with van der Waals surface area (Å²) < 4.78 is 2.40. The zero-order valence-corrected chi connectivity index (χ0v) is 17.2. The molecular weight excluding hydrogens is 350 g/mol. The fraction of sp³-hybridized carbons (Fsp3) is 0.143. The maximum absolute atomic E-state index is 2.40. The molecule has 0 radical (unpaired) electrons. The number of allylic oxidation sites excluding steroid dienone is 2. The molecule has 142 valence electrons. The van der Waals surface area contributed by atoms with Crippen LogP contribution in [0.2, 0.25) is 0 Å². The lowest BCUT2D eigenvalue weighted by atomic mass is 9.95. The number of aromatic nitrogens is 1. The standard InChI is InChI=1S/C28H25N/c1-19-13-15-23(20(2)17-19)24-16-14-22(18-21(24)3)29-27-11-6-4-5-9-25(27)26-10-7-8-12-28(26)29/h5-18H,4H2,1-3H3. The van der Waals surface area contributed by atoms with E-state index in [1.165, 1.54) is 55.7 Å². The first-order valence-corrected chi connectivity index (χ1v) is 10.3. The van der Waals surface area contributed by atoms with Crippen LogP contribution in [-0.4, -0.2) is 4.57 Å². The second-order valence-corrected chi connectivity index (χ2v) is 8.01. The molecule has 0 fully saturated rings. The van der Waals surface area contributed by atoms with Crippen molar-refractivity contribution in [3.05, 3.63) is 101 Å². The summed E-state index contributed by atoms with van der Waals surface area (Å²) in [5, 5.41) is 1.31. The lowest BCUT2D eigenvalue weighted by Crippen LogP contribution is -1.98. The molecule has 0 saturated heterocycles. The average Bonchev–Trinajstić information content (AvgIpc) is 2.85. The minimum absolute atomic E-state index is 0.980. The molecule has 0 saturated carbocycles. The fourth-order valence-corrected chi connectivity index (χ4v) is 4.55. The third-order valence-corrected chi connectivity index (χ3v) is 5.92. The van der Waals surface area contributed by atoms with Gasteiger partial charge in [-0.15, -0.1) is 0 Å². The molecule has 0 unspecified atom stereocenters. The van der Waals surface area contributed by atoms with Gasteiger partial charge in [0.25, 0.3) is 0 Å². The molecule has 0 aliphatic heterocycles. The highest BCUT2D eigenvalue weighted by Gasteiger charge is 2.16. The van der Waals surface area contributed by atoms with Crippen molar-refractivity contribution in [3.8, 4) is 16.8 Å². The molecule has 3 aromatic carbocycles. The Morgan fingerprint density at radius 1 is 0.724 bits per heavy atom. The Bertz CT molecular complexity index is 1300. The van der Waals surface area contributed by atoms with Crippen LogP contribution < -0.4 is 0 Å². The first-order chi connectivity index (χ1) is 14.1. The summed E-state index contributed by atoms with van der Waals surface area (Å²) in [6, 6.07) is 22.3. The van der Waals surface area contributed by atoms with Gasteiger partial charge in [0.15, 0.2) is 0 Å². The van der Waals surface area contributed by atoms with Crippen molar-refractivity contribution in [2.75, 3.05) is 0 Å². The molecule has 4 aromatic rings. The van der Waals surface area contributed by atoms with Gasteiger partial charge >= 0.3 is 0 Å². The van der Waals surface area contributed by atoms with Crippen molar-refractivity contribution in [1.82, 2.24) is 4.57 Å². The Hall–Kier alpha value is -3.32. The molecule has 0 atom stereocenters. The maximum Gasteiger partial charge on any atom is 0.0541 e. The molecule has 5 rings (SSSR count). The number of fused-ring (bicyclic) bond motifs is 3. The van der Waals surface area contributed by atoms with Crippen molar-refractivity contribution in [1.29, 1.82) is 0 Å². The molecule has 1 heterocycles. The molecule has 29 heavy (non-hydrogen) atoms. The minimum Gasteiger partial charge on any atom is -0.309 e. The zero-order valence-electron chi connectivity index (χ0n) is 17.2. The van der Waals surface area contributed by atoms with E-state index in [2.05, 4.69) is 110 Å². The Morgan fingerprint density at radius 3 is 2.24 bits per heavy atom. The first-order valence-electron chi connectivity index (χ1n) is 10.3. The van der Waals surface area contributed by atoms with E-state index in [0.717, 1.165) is 6.42 Å². The normalized spacial score (nSPS) is 12.9. The number of hydrogen-bond acceptors (Lipinski definition) is 0. The van der Waals surface area contributed by atoms with Gasteiger partial charge < -0.3 is 4.57 Å². The summed E-state index contributed by atoms with van der Waals surface area (Å²) in [5.41, 5.74) is 11.6.